The van der Waals surface area contributed by atoms with E-state index in [-0.39, 0.29) is 41.9 Å². The maximum atomic E-state index is 13.8. The number of nitrogens with two attached hydrogens (primary N) is 1. The van der Waals surface area contributed by atoms with Gasteiger partial charge in [0.05, 0.1) is 18.1 Å². The fourth-order valence-corrected chi connectivity index (χ4v) is 6.61. The van der Waals surface area contributed by atoms with Crippen molar-refractivity contribution >= 4 is 57.0 Å². The Kier molecular flexibility index (Phi) is 13.4. The Morgan fingerprint density at radius 2 is 1.61 bits per heavy atom. The van der Waals surface area contributed by atoms with Gasteiger partial charge in [-0.3, -0.25) is 15.0 Å². The van der Waals surface area contributed by atoms with E-state index in [0.29, 0.717) is 29.0 Å². The predicted molar refractivity (Wildman–Crippen MR) is 177 cm³/mol. The van der Waals surface area contributed by atoms with Gasteiger partial charge in [-0.25, -0.2) is 13.2 Å². The molecule has 15 heteroatoms. The van der Waals surface area contributed by atoms with Gasteiger partial charge in [0, 0.05) is 36.8 Å². The molecule has 6 N–H and O–H groups in total. The minimum absolute atomic E-state index is 0.0370. The fourth-order valence-electron chi connectivity index (χ4n) is 4.43. The van der Waals surface area contributed by atoms with Gasteiger partial charge in [0.15, 0.2) is 0 Å². The number of amidine groups is 1. The zero-order valence-electron chi connectivity index (χ0n) is 25.1. The average Bonchev–Trinajstić information content (AvgIpc) is 3.02. The third-order valence-corrected chi connectivity index (χ3v) is 9.92. The van der Waals surface area contributed by atoms with Crippen LogP contribution in [0, 0.1) is 12.3 Å². The van der Waals surface area contributed by atoms with Gasteiger partial charge in [0.25, 0.3) is 0 Å². The SMILES string of the molecule is Cc1c(Cl)ccc(S(=O)(=O)N(CCc2ccccc2)CC(=O)NCC(=O)N(CCCNC(=O)O)Cc2ccc(C(=N)N)cc2)c1Cl. The standard InChI is InChI=1S/C31H36Cl2N6O6S/c1-21-25(32)12-13-26(29(21)33)46(44,45)39(17-14-22-6-3-2-4-7-22)20-27(40)37-18-28(41)38(16-5-15-36-31(42)43)19-23-8-10-24(11-9-23)30(34)35/h2-4,6-13,36H,5,14-20H2,1H3,(H3,34,35)(H,37,40)(H,42,43). The first-order valence-electron chi connectivity index (χ1n) is 14.2. The van der Waals surface area contributed by atoms with Crippen LogP contribution >= 0.6 is 23.2 Å². The maximum absolute atomic E-state index is 13.8. The van der Waals surface area contributed by atoms with Gasteiger partial charge < -0.3 is 26.4 Å². The molecular formula is C31H36Cl2N6O6S. The largest absolute Gasteiger partial charge is 0.465 e. The maximum Gasteiger partial charge on any atom is 0.404 e. The van der Waals surface area contributed by atoms with Gasteiger partial charge in [-0.05, 0) is 48.6 Å². The highest BCUT2D eigenvalue weighted by Crippen LogP contribution is 2.32. The first kappa shape index (κ1) is 36.3. The van der Waals surface area contributed by atoms with Gasteiger partial charge in [-0.15, -0.1) is 0 Å². The number of rotatable bonds is 16. The zero-order valence-corrected chi connectivity index (χ0v) is 27.5. The molecule has 12 nitrogen and oxygen atoms in total. The summed E-state index contributed by atoms with van der Waals surface area (Å²) in [4.78, 5) is 38.5. The van der Waals surface area contributed by atoms with E-state index in [1.165, 1.54) is 17.0 Å². The molecule has 3 amide bonds. The number of amides is 3. The Morgan fingerprint density at radius 1 is 0.935 bits per heavy atom. The molecule has 0 aliphatic heterocycles. The Morgan fingerprint density at radius 3 is 2.24 bits per heavy atom. The van der Waals surface area contributed by atoms with Crippen LogP contribution in [0.4, 0.5) is 4.79 Å². The molecule has 0 atom stereocenters. The summed E-state index contributed by atoms with van der Waals surface area (Å²) < 4.78 is 28.5. The topological polar surface area (TPSA) is 186 Å². The molecule has 3 aromatic carbocycles. The van der Waals surface area contributed by atoms with E-state index in [1.54, 1.807) is 31.2 Å². The molecule has 0 bridgehead atoms. The molecule has 0 saturated carbocycles. The van der Waals surface area contributed by atoms with Crippen molar-refractivity contribution < 1.29 is 27.9 Å². The van der Waals surface area contributed by atoms with E-state index >= 15 is 0 Å². The minimum atomic E-state index is -4.26. The van der Waals surface area contributed by atoms with Gasteiger partial charge in [-0.2, -0.15) is 4.31 Å². The number of nitrogen functional groups attached to an aromatic ring is 1. The molecule has 46 heavy (non-hydrogen) atoms. The van der Waals surface area contributed by atoms with Crippen molar-refractivity contribution in [3.8, 4) is 0 Å². The van der Waals surface area contributed by atoms with Crippen LogP contribution in [-0.2, 0) is 32.6 Å². The van der Waals surface area contributed by atoms with Crippen LogP contribution in [0.2, 0.25) is 10.0 Å². The van der Waals surface area contributed by atoms with Crippen molar-refractivity contribution in [2.75, 3.05) is 32.7 Å². The second-order valence-electron chi connectivity index (χ2n) is 10.3. The van der Waals surface area contributed by atoms with E-state index in [9.17, 15) is 22.8 Å². The van der Waals surface area contributed by atoms with Crippen molar-refractivity contribution in [2.45, 2.75) is 31.2 Å². The van der Waals surface area contributed by atoms with Gasteiger partial charge in [0.2, 0.25) is 21.8 Å². The number of hydrogen-bond acceptors (Lipinski definition) is 6. The van der Waals surface area contributed by atoms with Crippen LogP contribution in [0.3, 0.4) is 0 Å². The normalized spacial score (nSPS) is 11.2. The minimum Gasteiger partial charge on any atom is -0.465 e. The molecule has 0 radical (unpaired) electrons. The summed E-state index contributed by atoms with van der Waals surface area (Å²) in [6.07, 6.45) is -0.562. The number of nitrogens with zero attached hydrogens (tertiary/aromatic N) is 2. The number of sulfonamides is 1. The van der Waals surface area contributed by atoms with Crippen molar-refractivity contribution in [2.24, 2.45) is 5.73 Å². The summed E-state index contributed by atoms with van der Waals surface area (Å²) >= 11 is 12.5. The number of benzene rings is 3. The fraction of sp³-hybridized carbons (Fsp3) is 0.290. The van der Waals surface area contributed by atoms with Crippen LogP contribution in [0.1, 0.15) is 28.7 Å². The summed E-state index contributed by atoms with van der Waals surface area (Å²) in [5.74, 6) is -1.27. The average molecular weight is 692 g/mol. The summed E-state index contributed by atoms with van der Waals surface area (Å²) in [6, 6.07) is 18.6. The van der Waals surface area contributed by atoms with E-state index in [1.807, 2.05) is 30.3 Å². The Bertz CT molecular complexity index is 1660. The number of halogens is 2. The van der Waals surface area contributed by atoms with E-state index < -0.39 is 41.0 Å². The smallest absolute Gasteiger partial charge is 0.404 e. The third kappa shape index (κ3) is 10.4. The van der Waals surface area contributed by atoms with Crippen LogP contribution < -0.4 is 16.4 Å². The second kappa shape index (κ2) is 16.9. The lowest BCUT2D eigenvalue weighted by molar-refractivity contribution is -0.133. The Balaban J connectivity index is 1.74. The number of carbonyl (C=O) groups excluding carboxylic acids is 2. The predicted octanol–water partition coefficient (Wildman–Crippen LogP) is 3.62. The number of carboxylic acid groups (broad SMARTS) is 1. The quantitative estimate of drug-likeness (QED) is 0.0863. The molecule has 3 aromatic rings. The zero-order chi connectivity index (χ0) is 33.9. The molecule has 0 aliphatic rings. The molecule has 0 unspecified atom stereocenters. The molecule has 0 aliphatic carbocycles. The molecule has 0 saturated heterocycles. The summed E-state index contributed by atoms with van der Waals surface area (Å²) in [6.45, 7) is 0.985. The van der Waals surface area contributed by atoms with Gasteiger partial charge >= 0.3 is 6.09 Å². The lowest BCUT2D eigenvalue weighted by Gasteiger charge is -2.25. The van der Waals surface area contributed by atoms with E-state index in [2.05, 4.69) is 10.6 Å². The van der Waals surface area contributed by atoms with Crippen molar-refractivity contribution in [3.63, 3.8) is 0 Å². The van der Waals surface area contributed by atoms with Gasteiger partial charge in [-0.1, -0.05) is 77.8 Å². The van der Waals surface area contributed by atoms with Crippen LogP contribution in [0.25, 0.3) is 0 Å². The summed E-state index contributed by atoms with van der Waals surface area (Å²) in [7, 11) is -4.26. The highest BCUT2D eigenvalue weighted by Gasteiger charge is 2.30. The highest BCUT2D eigenvalue weighted by molar-refractivity contribution is 7.89. The number of hydrogen-bond donors (Lipinski definition) is 5. The molecule has 0 fully saturated rings. The van der Waals surface area contributed by atoms with Crippen molar-refractivity contribution in [3.05, 3.63) is 99.0 Å². The second-order valence-corrected chi connectivity index (χ2v) is 13.0. The van der Waals surface area contributed by atoms with Gasteiger partial charge in [0.1, 0.15) is 10.7 Å². The number of carbonyl (C=O) groups is 3. The van der Waals surface area contributed by atoms with Crippen molar-refractivity contribution in [1.29, 1.82) is 5.41 Å². The van der Waals surface area contributed by atoms with Crippen LogP contribution in [0.5, 0.6) is 0 Å². The van der Waals surface area contributed by atoms with Crippen LogP contribution in [0.15, 0.2) is 71.6 Å². The molecule has 0 spiro atoms. The number of nitrogens with one attached hydrogen (secondary N) is 3. The summed E-state index contributed by atoms with van der Waals surface area (Å²) in [5, 5.41) is 21.4. The molecule has 3 rings (SSSR count). The third-order valence-electron chi connectivity index (χ3n) is 7.02. The molecule has 0 heterocycles. The lowest BCUT2D eigenvalue weighted by atomic mass is 10.1. The summed E-state index contributed by atoms with van der Waals surface area (Å²) in [5.41, 5.74) is 8.01. The van der Waals surface area contributed by atoms with Crippen LogP contribution in [-0.4, -0.2) is 79.2 Å². The monoisotopic (exact) mass is 690 g/mol. The lowest BCUT2D eigenvalue weighted by Crippen LogP contribution is -2.45. The highest BCUT2D eigenvalue weighted by atomic mass is 35.5. The van der Waals surface area contributed by atoms with E-state index in [4.69, 9.17) is 39.5 Å². The molecule has 246 valence electrons. The Hall–Kier alpha value is -4.17. The molecule has 0 aromatic heterocycles. The Labute approximate surface area is 278 Å². The first-order valence-corrected chi connectivity index (χ1v) is 16.4. The first-order chi connectivity index (χ1) is 21.8. The van der Waals surface area contributed by atoms with E-state index in [0.717, 1.165) is 15.4 Å². The molecular weight excluding hydrogens is 655 g/mol. The van der Waals surface area contributed by atoms with Crippen molar-refractivity contribution in [1.82, 2.24) is 19.8 Å².